The first-order chi connectivity index (χ1) is 21.5. The molecule has 0 fully saturated rings. The molecule has 236 valence electrons. The number of nitrogens with zero attached hydrogens (tertiary/aromatic N) is 3. The molecule has 4 aromatic rings. The average Bonchev–Trinajstić information content (AvgIpc) is 3.33. The number of ether oxygens (including phenoxy) is 1. The number of para-hydroxylation sites is 1. The number of carboxylic acid groups (broad SMARTS) is 1. The van der Waals surface area contributed by atoms with Crippen LogP contribution in [0.1, 0.15) is 45.7 Å². The zero-order chi connectivity index (χ0) is 32.2. The number of likely N-dealkylation sites (N-methyl/N-ethyl adjacent to an activating group) is 1. The molecule has 0 saturated carbocycles. The van der Waals surface area contributed by atoms with Gasteiger partial charge in [-0.1, -0.05) is 37.3 Å². The number of anilines is 1. The predicted octanol–water partition coefficient (Wildman–Crippen LogP) is 4.41. The maximum atomic E-state index is 13.8. The number of aromatic nitrogens is 1. The molecule has 10 heteroatoms. The summed E-state index contributed by atoms with van der Waals surface area (Å²) in [5.41, 5.74) is 3.98. The summed E-state index contributed by atoms with van der Waals surface area (Å²) in [7, 11) is 3.92. The number of hydrogen-bond donors (Lipinski definition) is 3. The number of nitrogens with one attached hydrogen (secondary N) is 1. The van der Waals surface area contributed by atoms with Crippen LogP contribution in [0.3, 0.4) is 0 Å². The Hall–Kier alpha value is -4.67. The Morgan fingerprint density at radius 2 is 1.84 bits per heavy atom. The van der Waals surface area contributed by atoms with E-state index in [1.54, 1.807) is 47.4 Å². The summed E-state index contributed by atoms with van der Waals surface area (Å²) in [5.74, 6) is -1.08. The molecule has 1 aliphatic heterocycles. The third kappa shape index (κ3) is 7.19. The number of aliphatic hydroxyl groups is 1. The van der Waals surface area contributed by atoms with E-state index < -0.39 is 12.0 Å². The van der Waals surface area contributed by atoms with Crippen molar-refractivity contribution in [3.63, 3.8) is 0 Å². The van der Waals surface area contributed by atoms with Crippen LogP contribution in [0.15, 0.2) is 72.9 Å². The monoisotopic (exact) mass is 612 g/mol. The van der Waals surface area contributed by atoms with Gasteiger partial charge in [-0.25, -0.2) is 4.79 Å². The van der Waals surface area contributed by atoms with Gasteiger partial charge in [-0.3, -0.25) is 14.5 Å². The van der Waals surface area contributed by atoms with E-state index in [0.717, 1.165) is 22.0 Å². The molecule has 2 heterocycles. The van der Waals surface area contributed by atoms with E-state index in [4.69, 9.17) is 4.74 Å². The Balaban J connectivity index is 1.35. The molecule has 3 atom stereocenters. The van der Waals surface area contributed by atoms with Crippen molar-refractivity contribution < 1.29 is 29.3 Å². The van der Waals surface area contributed by atoms with Crippen LogP contribution in [-0.2, 0) is 24.8 Å². The summed E-state index contributed by atoms with van der Waals surface area (Å²) in [6, 6.07) is 19.4. The fourth-order valence-corrected chi connectivity index (χ4v) is 5.90. The molecule has 1 aliphatic rings. The van der Waals surface area contributed by atoms with Crippen molar-refractivity contribution in [3.8, 4) is 5.75 Å². The van der Waals surface area contributed by atoms with Gasteiger partial charge >= 0.3 is 5.97 Å². The molecule has 10 nitrogen and oxygen atoms in total. The number of amides is 2. The summed E-state index contributed by atoms with van der Waals surface area (Å²) >= 11 is 0. The van der Waals surface area contributed by atoms with Crippen LogP contribution in [0, 0.1) is 5.92 Å². The van der Waals surface area contributed by atoms with Crippen molar-refractivity contribution >= 4 is 34.4 Å². The Labute approximate surface area is 262 Å². The number of aliphatic hydroxyl groups excluding tert-OH is 1. The number of fused-ring (bicyclic) bond motifs is 2. The maximum absolute atomic E-state index is 13.8. The van der Waals surface area contributed by atoms with Crippen molar-refractivity contribution in [2.24, 2.45) is 13.0 Å². The second-order valence-electron chi connectivity index (χ2n) is 12.0. The van der Waals surface area contributed by atoms with E-state index in [2.05, 4.69) is 10.2 Å². The van der Waals surface area contributed by atoms with Gasteiger partial charge in [0.1, 0.15) is 11.9 Å². The molecule has 0 spiro atoms. The molecule has 0 unspecified atom stereocenters. The van der Waals surface area contributed by atoms with Crippen LogP contribution in [0.2, 0.25) is 0 Å². The Kier molecular flexibility index (Phi) is 9.55. The Morgan fingerprint density at radius 3 is 2.56 bits per heavy atom. The fourth-order valence-electron chi connectivity index (χ4n) is 5.90. The van der Waals surface area contributed by atoms with E-state index in [0.29, 0.717) is 36.6 Å². The van der Waals surface area contributed by atoms with E-state index in [1.807, 2.05) is 63.0 Å². The van der Waals surface area contributed by atoms with Gasteiger partial charge in [0.05, 0.1) is 30.2 Å². The van der Waals surface area contributed by atoms with Crippen LogP contribution in [0.4, 0.5) is 5.69 Å². The number of rotatable bonds is 10. The highest BCUT2D eigenvalue weighted by Gasteiger charge is 2.33. The summed E-state index contributed by atoms with van der Waals surface area (Å²) < 4.78 is 8.50. The molecule has 0 radical (unpaired) electrons. The SMILES string of the molecule is C[C@@H]1CN([C@@H](C)CO)C(=O)c2cc(NC(=O)Cc3cn(C)c4ccccc34)ccc2O[C@H]1CN(C)Cc1ccc(C(=O)O)cc1. The number of aromatic carboxylic acids is 1. The molecule has 0 aliphatic carbocycles. The van der Waals surface area contributed by atoms with Gasteiger partial charge in [-0.2, -0.15) is 0 Å². The van der Waals surface area contributed by atoms with Gasteiger partial charge in [0.2, 0.25) is 5.91 Å². The third-order valence-electron chi connectivity index (χ3n) is 8.42. The zero-order valence-electron chi connectivity index (χ0n) is 26.1. The van der Waals surface area contributed by atoms with Crippen molar-refractivity contribution in [1.29, 1.82) is 0 Å². The highest BCUT2D eigenvalue weighted by atomic mass is 16.5. The topological polar surface area (TPSA) is 124 Å². The van der Waals surface area contributed by atoms with E-state index >= 15 is 0 Å². The molecule has 45 heavy (non-hydrogen) atoms. The van der Waals surface area contributed by atoms with Gasteiger partial charge in [-0.15, -0.1) is 0 Å². The molecule has 0 saturated heterocycles. The summed E-state index contributed by atoms with van der Waals surface area (Å²) in [5, 5.41) is 23.2. The first-order valence-corrected chi connectivity index (χ1v) is 15.1. The van der Waals surface area contributed by atoms with Crippen LogP contribution >= 0.6 is 0 Å². The van der Waals surface area contributed by atoms with Crippen molar-refractivity contribution in [2.75, 3.05) is 32.1 Å². The second kappa shape index (κ2) is 13.5. The zero-order valence-corrected chi connectivity index (χ0v) is 26.1. The molecule has 1 aromatic heterocycles. The lowest BCUT2D eigenvalue weighted by Crippen LogP contribution is -2.49. The molecule has 5 rings (SSSR count). The van der Waals surface area contributed by atoms with Gasteiger partial charge in [0.15, 0.2) is 0 Å². The number of carbonyl (C=O) groups is 3. The van der Waals surface area contributed by atoms with Gasteiger partial charge in [-0.05, 0) is 61.5 Å². The first-order valence-electron chi connectivity index (χ1n) is 15.1. The summed E-state index contributed by atoms with van der Waals surface area (Å²) in [4.78, 5) is 41.9. The highest BCUT2D eigenvalue weighted by molar-refractivity contribution is 6.01. The standard InChI is InChI=1S/C35H40N4O6/c1-22-17-39(23(2)21-40)34(42)29-16-27(36-33(41)15-26-19-38(4)30-8-6-5-7-28(26)30)13-14-31(29)45-32(22)20-37(3)18-24-9-11-25(12-10-24)35(43)44/h5-14,16,19,22-23,32,40H,15,17-18,20-21H2,1-4H3,(H,36,41)(H,43,44)/t22-,23+,32+/m1/s1. The average molecular weight is 613 g/mol. The minimum Gasteiger partial charge on any atom is -0.488 e. The third-order valence-corrected chi connectivity index (χ3v) is 8.42. The second-order valence-corrected chi connectivity index (χ2v) is 12.0. The Morgan fingerprint density at radius 1 is 1.11 bits per heavy atom. The summed E-state index contributed by atoms with van der Waals surface area (Å²) in [6.45, 7) is 5.15. The number of benzene rings is 3. The molecular weight excluding hydrogens is 572 g/mol. The minimum absolute atomic E-state index is 0.0620. The van der Waals surface area contributed by atoms with Crippen LogP contribution < -0.4 is 10.1 Å². The lowest BCUT2D eigenvalue weighted by Gasteiger charge is -2.38. The smallest absolute Gasteiger partial charge is 0.335 e. The van der Waals surface area contributed by atoms with Crippen molar-refractivity contribution in [2.45, 2.75) is 39.0 Å². The largest absolute Gasteiger partial charge is 0.488 e. The maximum Gasteiger partial charge on any atom is 0.335 e. The highest BCUT2D eigenvalue weighted by Crippen LogP contribution is 2.31. The van der Waals surface area contributed by atoms with Gasteiger partial charge in [0, 0.05) is 55.4 Å². The van der Waals surface area contributed by atoms with Crippen molar-refractivity contribution in [1.82, 2.24) is 14.4 Å². The molecule has 3 N–H and O–H groups in total. The van der Waals surface area contributed by atoms with E-state index in [-0.39, 0.29) is 42.4 Å². The number of aryl methyl sites for hydroxylation is 1. The van der Waals surface area contributed by atoms with Crippen molar-refractivity contribution in [3.05, 3.63) is 95.2 Å². The van der Waals surface area contributed by atoms with E-state index in [1.165, 1.54) is 0 Å². The molecular formula is C35H40N4O6. The quantitative estimate of drug-likeness (QED) is 0.242. The molecule has 3 aromatic carbocycles. The number of carboxylic acids is 1. The summed E-state index contributed by atoms with van der Waals surface area (Å²) in [6.07, 6.45) is 1.85. The lowest BCUT2D eigenvalue weighted by atomic mass is 9.99. The molecule has 2 amide bonds. The van der Waals surface area contributed by atoms with Crippen LogP contribution in [0.25, 0.3) is 10.9 Å². The molecule has 0 bridgehead atoms. The van der Waals surface area contributed by atoms with E-state index in [9.17, 15) is 24.6 Å². The predicted molar refractivity (Wildman–Crippen MR) is 173 cm³/mol. The normalized spacial score (nSPS) is 17.4. The number of hydrogen-bond acceptors (Lipinski definition) is 6. The lowest BCUT2D eigenvalue weighted by molar-refractivity contribution is -0.115. The number of carbonyl (C=O) groups excluding carboxylic acids is 2. The Bertz CT molecular complexity index is 1700. The van der Waals surface area contributed by atoms with Gasteiger partial charge < -0.3 is 29.7 Å². The fraction of sp³-hybridized carbons (Fsp3) is 0.343. The van der Waals surface area contributed by atoms with Crippen LogP contribution in [0.5, 0.6) is 5.75 Å². The van der Waals surface area contributed by atoms with Gasteiger partial charge in [0.25, 0.3) is 5.91 Å². The minimum atomic E-state index is -0.964. The first kappa shape index (κ1) is 31.7. The van der Waals surface area contributed by atoms with Crippen LogP contribution in [-0.4, -0.2) is 81.3 Å².